The van der Waals surface area contributed by atoms with E-state index in [9.17, 15) is 25.3 Å². The van der Waals surface area contributed by atoms with Crippen molar-refractivity contribution in [3.05, 3.63) is 86.2 Å². The van der Waals surface area contributed by atoms with Crippen LogP contribution in [0.5, 0.6) is 11.9 Å². The number of hydrogen-bond acceptors (Lipinski definition) is 10. The summed E-state index contributed by atoms with van der Waals surface area (Å²) in [7, 11) is 0. The van der Waals surface area contributed by atoms with Crippen molar-refractivity contribution in [2.45, 2.75) is 38.8 Å². The van der Waals surface area contributed by atoms with Crippen LogP contribution in [0.3, 0.4) is 0 Å². The van der Waals surface area contributed by atoms with E-state index < -0.39 is 16.0 Å². The molecule has 4 aromatic rings. The molecule has 0 saturated heterocycles. The highest BCUT2D eigenvalue weighted by Gasteiger charge is 2.17. The highest BCUT2D eigenvalue weighted by atomic mass is 16.6. The number of fused-ring (bicyclic) bond motifs is 1. The molecule has 0 aliphatic heterocycles. The van der Waals surface area contributed by atoms with Crippen LogP contribution < -0.4 is 9.47 Å². The monoisotopic (exact) mass is 522 g/mol. The van der Waals surface area contributed by atoms with Crippen molar-refractivity contribution in [2.75, 3.05) is 13.2 Å². The molecule has 0 bridgehead atoms. The molecule has 4 rings (SSSR count). The van der Waals surface area contributed by atoms with E-state index in [1.807, 2.05) is 6.92 Å². The average molecular weight is 523 g/mol. The summed E-state index contributed by atoms with van der Waals surface area (Å²) in [5, 5.41) is 31.8. The van der Waals surface area contributed by atoms with Gasteiger partial charge in [0, 0.05) is 37.1 Å². The molecule has 1 atom stereocenters. The maximum atomic E-state index is 10.9. The second kappa shape index (κ2) is 12.1. The van der Waals surface area contributed by atoms with E-state index in [1.165, 1.54) is 24.3 Å². The quantitative estimate of drug-likeness (QED) is 0.202. The Morgan fingerprint density at radius 2 is 1.45 bits per heavy atom. The van der Waals surface area contributed by atoms with Crippen molar-refractivity contribution in [1.82, 2.24) is 19.5 Å². The van der Waals surface area contributed by atoms with Crippen LogP contribution in [0.15, 0.2) is 54.9 Å². The minimum atomic E-state index is -0.583. The van der Waals surface area contributed by atoms with Crippen molar-refractivity contribution in [1.29, 1.82) is 0 Å². The first-order valence-corrected chi connectivity index (χ1v) is 12.0. The molecule has 1 N–H and O–H groups in total. The van der Waals surface area contributed by atoms with Crippen LogP contribution in [0.25, 0.3) is 11.2 Å². The van der Waals surface area contributed by atoms with Crippen molar-refractivity contribution in [3.63, 3.8) is 0 Å². The summed E-state index contributed by atoms with van der Waals surface area (Å²) in [5.41, 5.74) is 2.61. The molecule has 2 heterocycles. The molecule has 38 heavy (non-hydrogen) atoms. The van der Waals surface area contributed by atoms with Crippen molar-refractivity contribution in [3.8, 4) is 11.9 Å². The smallest absolute Gasteiger partial charge is 0.321 e. The number of non-ortho nitro benzene ring substituents is 2. The van der Waals surface area contributed by atoms with Gasteiger partial charge in [-0.2, -0.15) is 9.97 Å². The minimum absolute atomic E-state index is 0.0153. The SMILES string of the molecule is CC[C@@H](O)Cn1cnc2c(OCCc3ccc([N+](=O)[O-])cc3)nc(OCCc3ccc([N+](=O)[O-])cc3)nc21. The molecule has 13 heteroatoms. The summed E-state index contributed by atoms with van der Waals surface area (Å²) < 4.78 is 13.4. The van der Waals surface area contributed by atoms with Gasteiger partial charge in [0.05, 0.1) is 42.0 Å². The number of imidazole rings is 1. The Labute approximate surface area is 217 Å². The van der Waals surface area contributed by atoms with Crippen molar-refractivity contribution in [2.24, 2.45) is 0 Å². The van der Waals surface area contributed by atoms with Gasteiger partial charge in [0.15, 0.2) is 11.2 Å². The molecule has 0 aliphatic carbocycles. The fourth-order valence-electron chi connectivity index (χ4n) is 3.65. The van der Waals surface area contributed by atoms with Gasteiger partial charge >= 0.3 is 6.01 Å². The first-order chi connectivity index (χ1) is 18.3. The highest BCUT2D eigenvalue weighted by Crippen LogP contribution is 2.25. The third kappa shape index (κ3) is 6.56. The fraction of sp³-hybridized carbons (Fsp3) is 0.320. The third-order valence-corrected chi connectivity index (χ3v) is 5.84. The van der Waals surface area contributed by atoms with Gasteiger partial charge in [-0.15, -0.1) is 0 Å². The van der Waals surface area contributed by atoms with E-state index >= 15 is 0 Å². The van der Waals surface area contributed by atoms with Gasteiger partial charge in [-0.1, -0.05) is 31.2 Å². The largest absolute Gasteiger partial charge is 0.476 e. The summed E-state index contributed by atoms with van der Waals surface area (Å²) in [5.74, 6) is 0.215. The fourth-order valence-corrected chi connectivity index (χ4v) is 3.65. The van der Waals surface area contributed by atoms with E-state index in [-0.39, 0.29) is 43.0 Å². The molecular weight excluding hydrogens is 496 g/mol. The normalized spacial score (nSPS) is 11.8. The summed E-state index contributed by atoms with van der Waals surface area (Å²) in [6.45, 7) is 2.61. The number of nitro benzene ring substituents is 2. The van der Waals surface area contributed by atoms with Gasteiger partial charge in [-0.3, -0.25) is 20.2 Å². The minimum Gasteiger partial charge on any atom is -0.476 e. The predicted octanol–water partition coefficient (Wildman–Crippen LogP) is 3.66. The number of aliphatic hydroxyl groups is 1. The highest BCUT2D eigenvalue weighted by molar-refractivity contribution is 5.76. The van der Waals surface area contributed by atoms with Gasteiger partial charge < -0.3 is 19.1 Å². The Hall–Kier alpha value is -4.65. The van der Waals surface area contributed by atoms with Crippen LogP contribution in [-0.4, -0.2) is 53.8 Å². The number of rotatable bonds is 13. The lowest BCUT2D eigenvalue weighted by molar-refractivity contribution is -0.385. The maximum Gasteiger partial charge on any atom is 0.321 e. The number of hydrogen-bond donors (Lipinski definition) is 1. The number of ether oxygens (including phenoxy) is 2. The first kappa shape index (κ1) is 26.4. The van der Waals surface area contributed by atoms with Crippen LogP contribution in [0.4, 0.5) is 11.4 Å². The lowest BCUT2D eigenvalue weighted by Gasteiger charge is -2.11. The summed E-state index contributed by atoms with van der Waals surface area (Å²) in [6.07, 6.45) is 2.49. The van der Waals surface area contributed by atoms with Crippen molar-refractivity contribution < 1.29 is 24.4 Å². The number of aliphatic hydroxyl groups excluding tert-OH is 1. The Balaban J connectivity index is 1.48. The predicted molar refractivity (Wildman–Crippen MR) is 136 cm³/mol. The Morgan fingerprint density at radius 3 is 1.97 bits per heavy atom. The molecule has 2 aromatic carbocycles. The van der Waals surface area contributed by atoms with Gasteiger partial charge in [0.2, 0.25) is 5.88 Å². The number of benzene rings is 2. The van der Waals surface area contributed by atoms with Crippen LogP contribution in [-0.2, 0) is 19.4 Å². The molecule has 2 aromatic heterocycles. The summed E-state index contributed by atoms with van der Waals surface area (Å²) >= 11 is 0. The van der Waals surface area contributed by atoms with E-state index in [0.29, 0.717) is 30.4 Å². The van der Waals surface area contributed by atoms with Crippen molar-refractivity contribution >= 4 is 22.5 Å². The topological polar surface area (TPSA) is 169 Å². The molecule has 0 unspecified atom stereocenters. The number of aromatic nitrogens is 4. The second-order valence-electron chi connectivity index (χ2n) is 8.49. The zero-order chi connectivity index (χ0) is 27.1. The number of nitrogens with zero attached hydrogens (tertiary/aromatic N) is 6. The molecule has 0 aliphatic rings. The number of nitro groups is 2. The lowest BCUT2D eigenvalue weighted by Crippen LogP contribution is -2.15. The molecule has 198 valence electrons. The van der Waals surface area contributed by atoms with E-state index in [4.69, 9.17) is 9.47 Å². The molecule has 0 amide bonds. The maximum absolute atomic E-state index is 10.9. The zero-order valence-corrected chi connectivity index (χ0v) is 20.6. The Bertz CT molecular complexity index is 1410. The van der Waals surface area contributed by atoms with Gasteiger partial charge in [-0.05, 0) is 17.5 Å². The van der Waals surface area contributed by atoms with E-state index in [1.54, 1.807) is 35.2 Å². The zero-order valence-electron chi connectivity index (χ0n) is 20.6. The summed E-state index contributed by atoms with van der Waals surface area (Å²) in [4.78, 5) is 34.0. The first-order valence-electron chi connectivity index (χ1n) is 12.0. The van der Waals surface area contributed by atoms with Crippen LogP contribution in [0.2, 0.25) is 0 Å². The van der Waals surface area contributed by atoms with Gasteiger partial charge in [0.1, 0.15) is 0 Å². The standard InChI is InChI=1S/C25H26N6O7/c1-2-21(32)15-29-16-26-22-23(29)27-25(38-14-12-18-5-9-20(10-6-18)31(35)36)28-24(22)37-13-11-17-3-7-19(8-4-17)30(33)34/h3-10,16,21,32H,2,11-15H2,1H3/t21-/m1/s1. The molecule has 0 saturated carbocycles. The third-order valence-electron chi connectivity index (χ3n) is 5.84. The van der Waals surface area contributed by atoms with Gasteiger partial charge in [-0.25, -0.2) is 4.98 Å². The van der Waals surface area contributed by atoms with Crippen LogP contribution in [0.1, 0.15) is 24.5 Å². The Kier molecular flexibility index (Phi) is 8.38. The van der Waals surface area contributed by atoms with E-state index in [2.05, 4.69) is 15.0 Å². The van der Waals surface area contributed by atoms with Crippen LogP contribution in [0, 0.1) is 20.2 Å². The molecule has 0 fully saturated rings. The van der Waals surface area contributed by atoms with E-state index in [0.717, 1.165) is 11.1 Å². The van der Waals surface area contributed by atoms with Crippen LogP contribution >= 0.6 is 0 Å². The average Bonchev–Trinajstić information content (AvgIpc) is 3.31. The van der Waals surface area contributed by atoms with Gasteiger partial charge in [0.25, 0.3) is 11.4 Å². The summed E-state index contributed by atoms with van der Waals surface area (Å²) in [6, 6.07) is 12.5. The molecular formula is C25H26N6O7. The lowest BCUT2D eigenvalue weighted by atomic mass is 10.1. The molecule has 13 nitrogen and oxygen atoms in total. The second-order valence-corrected chi connectivity index (χ2v) is 8.49. The molecule has 0 spiro atoms. The Morgan fingerprint density at radius 1 is 0.895 bits per heavy atom. The molecule has 0 radical (unpaired) electrons.